The summed E-state index contributed by atoms with van der Waals surface area (Å²) in [6.45, 7) is 6.00. The van der Waals surface area contributed by atoms with E-state index in [1.165, 1.54) is 0 Å². The maximum atomic E-state index is 12.5. The molecule has 2 aromatic carbocycles. The molecule has 0 bridgehead atoms. The van der Waals surface area contributed by atoms with E-state index in [2.05, 4.69) is 10.4 Å². The lowest BCUT2D eigenvalue weighted by Gasteiger charge is -2.15. The summed E-state index contributed by atoms with van der Waals surface area (Å²) >= 11 is 6.19. The van der Waals surface area contributed by atoms with Crippen LogP contribution in [0.4, 0.5) is 0 Å². The van der Waals surface area contributed by atoms with Crippen LogP contribution in [0.5, 0.6) is 0 Å². The Kier molecular flexibility index (Phi) is 5.97. The molecule has 0 aliphatic rings. The quantitative estimate of drug-likeness (QED) is 0.660. The van der Waals surface area contributed by atoms with Crippen LogP contribution in [-0.4, -0.2) is 21.7 Å². The predicted octanol–water partition coefficient (Wildman–Crippen LogP) is 4.89. The molecule has 0 aliphatic heterocycles. The third-order valence-corrected chi connectivity index (χ3v) is 4.93. The Hall–Kier alpha value is -2.59. The van der Waals surface area contributed by atoms with Gasteiger partial charge in [0.2, 0.25) is 0 Å². The molecule has 0 aliphatic carbocycles. The Labute approximate surface area is 165 Å². The van der Waals surface area contributed by atoms with Crippen molar-refractivity contribution in [3.05, 3.63) is 82.1 Å². The van der Waals surface area contributed by atoms with Crippen molar-refractivity contribution in [3.8, 4) is 5.69 Å². The number of benzene rings is 2. The molecular weight excluding hydrogens is 358 g/mol. The van der Waals surface area contributed by atoms with Crippen molar-refractivity contribution in [2.75, 3.05) is 0 Å². The molecule has 3 rings (SSSR count). The predicted molar refractivity (Wildman–Crippen MR) is 110 cm³/mol. The highest BCUT2D eigenvalue weighted by atomic mass is 35.5. The number of halogens is 1. The third-order valence-electron chi connectivity index (χ3n) is 4.57. The number of nitrogens with zero attached hydrogens (tertiary/aromatic N) is 2. The van der Waals surface area contributed by atoms with Crippen molar-refractivity contribution in [1.29, 1.82) is 0 Å². The van der Waals surface area contributed by atoms with Crippen molar-refractivity contribution >= 4 is 17.5 Å². The van der Waals surface area contributed by atoms with Gasteiger partial charge >= 0.3 is 0 Å². The summed E-state index contributed by atoms with van der Waals surface area (Å²) < 4.78 is 1.88. The molecule has 5 heteroatoms. The van der Waals surface area contributed by atoms with Crippen LogP contribution in [0.25, 0.3) is 5.69 Å². The van der Waals surface area contributed by atoms with Gasteiger partial charge in [-0.3, -0.25) is 4.79 Å². The second kappa shape index (κ2) is 8.40. The molecule has 0 fully saturated rings. The molecule has 1 N–H and O–H groups in total. The fourth-order valence-electron chi connectivity index (χ4n) is 3.10. The highest BCUT2D eigenvalue weighted by molar-refractivity contribution is 6.31. The summed E-state index contributed by atoms with van der Waals surface area (Å²) in [5.41, 5.74) is 4.74. The number of rotatable bonds is 6. The number of aryl methyl sites for hydroxylation is 3. The fourth-order valence-corrected chi connectivity index (χ4v) is 3.33. The number of hydrogen-bond acceptors (Lipinski definition) is 2. The van der Waals surface area contributed by atoms with E-state index in [1.54, 1.807) is 0 Å². The van der Waals surface area contributed by atoms with E-state index in [-0.39, 0.29) is 11.9 Å². The van der Waals surface area contributed by atoms with Gasteiger partial charge in [0.25, 0.3) is 5.91 Å². The maximum absolute atomic E-state index is 12.5. The van der Waals surface area contributed by atoms with E-state index in [1.807, 2.05) is 80.1 Å². The van der Waals surface area contributed by atoms with E-state index >= 15 is 0 Å². The second-order valence-electron chi connectivity index (χ2n) is 6.89. The Bertz CT molecular complexity index is 931. The largest absolute Gasteiger partial charge is 0.350 e. The topological polar surface area (TPSA) is 46.9 Å². The van der Waals surface area contributed by atoms with Crippen molar-refractivity contribution in [2.24, 2.45) is 0 Å². The molecule has 140 valence electrons. The van der Waals surface area contributed by atoms with E-state index in [0.29, 0.717) is 5.56 Å². The van der Waals surface area contributed by atoms with Crippen LogP contribution in [-0.2, 0) is 6.42 Å². The fraction of sp³-hybridized carbons (Fsp3) is 0.273. The molecule has 1 atom stereocenters. The molecule has 27 heavy (non-hydrogen) atoms. The Morgan fingerprint density at radius 1 is 1.15 bits per heavy atom. The van der Waals surface area contributed by atoms with Crippen LogP contribution in [0.1, 0.15) is 40.7 Å². The summed E-state index contributed by atoms with van der Waals surface area (Å²) in [5.74, 6) is -0.0680. The molecule has 1 aromatic heterocycles. The first-order chi connectivity index (χ1) is 12.9. The molecule has 1 amide bonds. The summed E-state index contributed by atoms with van der Waals surface area (Å²) in [6.07, 6.45) is 1.66. The van der Waals surface area contributed by atoms with E-state index < -0.39 is 0 Å². The SMILES string of the molecule is Cc1cc(C)n(-c2ccc(C(=O)N[C@H](C)CCc3ccccc3Cl)cc2)n1. The van der Waals surface area contributed by atoms with Gasteiger partial charge in [0.05, 0.1) is 11.4 Å². The van der Waals surface area contributed by atoms with Crippen molar-refractivity contribution in [2.45, 2.75) is 39.7 Å². The number of hydrogen-bond donors (Lipinski definition) is 1. The van der Waals surface area contributed by atoms with Gasteiger partial charge in [-0.25, -0.2) is 4.68 Å². The summed E-state index contributed by atoms with van der Waals surface area (Å²) in [7, 11) is 0. The first-order valence-corrected chi connectivity index (χ1v) is 9.50. The smallest absolute Gasteiger partial charge is 0.251 e. The van der Waals surface area contributed by atoms with Gasteiger partial charge in [0, 0.05) is 22.3 Å². The zero-order valence-corrected chi connectivity index (χ0v) is 16.6. The molecule has 1 heterocycles. The van der Waals surface area contributed by atoms with E-state index in [0.717, 1.165) is 40.5 Å². The number of nitrogens with one attached hydrogen (secondary N) is 1. The first kappa shape index (κ1) is 19.2. The summed E-state index contributed by atoms with van der Waals surface area (Å²) in [5, 5.41) is 8.30. The van der Waals surface area contributed by atoms with Gasteiger partial charge in [-0.1, -0.05) is 29.8 Å². The number of amides is 1. The van der Waals surface area contributed by atoms with E-state index in [4.69, 9.17) is 11.6 Å². The third kappa shape index (κ3) is 4.77. The molecule has 3 aromatic rings. The molecular formula is C22H24ClN3O. The highest BCUT2D eigenvalue weighted by Gasteiger charge is 2.11. The number of aromatic nitrogens is 2. The van der Waals surface area contributed by atoms with Crippen LogP contribution in [0.15, 0.2) is 54.6 Å². The standard InChI is InChI=1S/C22H24ClN3O/c1-15(8-9-18-6-4-5-7-21(18)23)24-22(27)19-10-12-20(13-11-19)26-17(3)14-16(2)25-26/h4-7,10-15H,8-9H2,1-3H3,(H,24,27)/t15-/m1/s1. The second-order valence-corrected chi connectivity index (χ2v) is 7.30. The Morgan fingerprint density at radius 3 is 2.48 bits per heavy atom. The first-order valence-electron chi connectivity index (χ1n) is 9.12. The Morgan fingerprint density at radius 2 is 1.85 bits per heavy atom. The lowest BCUT2D eigenvalue weighted by molar-refractivity contribution is 0.0938. The van der Waals surface area contributed by atoms with Crippen LogP contribution in [0.2, 0.25) is 5.02 Å². The zero-order valence-electron chi connectivity index (χ0n) is 15.9. The van der Waals surface area contributed by atoms with Gasteiger partial charge in [-0.05, 0) is 75.6 Å². The van der Waals surface area contributed by atoms with Crippen LogP contribution >= 0.6 is 11.6 Å². The molecule has 0 unspecified atom stereocenters. The van der Waals surface area contributed by atoms with Crippen LogP contribution in [0.3, 0.4) is 0 Å². The van der Waals surface area contributed by atoms with Gasteiger partial charge in [-0.15, -0.1) is 0 Å². The monoisotopic (exact) mass is 381 g/mol. The minimum absolute atomic E-state index is 0.0597. The van der Waals surface area contributed by atoms with Crippen LogP contribution < -0.4 is 5.32 Å². The van der Waals surface area contributed by atoms with Gasteiger partial charge in [0.15, 0.2) is 0 Å². The summed E-state index contributed by atoms with van der Waals surface area (Å²) in [6, 6.07) is 17.4. The average molecular weight is 382 g/mol. The highest BCUT2D eigenvalue weighted by Crippen LogP contribution is 2.17. The van der Waals surface area contributed by atoms with Gasteiger partial charge < -0.3 is 5.32 Å². The maximum Gasteiger partial charge on any atom is 0.251 e. The number of carbonyl (C=O) groups excluding carboxylic acids is 1. The molecule has 0 saturated carbocycles. The van der Waals surface area contributed by atoms with Gasteiger partial charge in [-0.2, -0.15) is 5.10 Å². The zero-order chi connectivity index (χ0) is 19.4. The molecule has 0 radical (unpaired) electrons. The lowest BCUT2D eigenvalue weighted by atomic mass is 10.1. The lowest BCUT2D eigenvalue weighted by Crippen LogP contribution is -2.32. The van der Waals surface area contributed by atoms with Crippen LogP contribution in [0, 0.1) is 13.8 Å². The summed E-state index contributed by atoms with van der Waals surface area (Å²) in [4.78, 5) is 12.5. The van der Waals surface area contributed by atoms with Crippen molar-refractivity contribution in [3.63, 3.8) is 0 Å². The average Bonchev–Trinajstić information content (AvgIpc) is 2.99. The van der Waals surface area contributed by atoms with Crippen molar-refractivity contribution < 1.29 is 4.79 Å². The minimum Gasteiger partial charge on any atom is -0.350 e. The van der Waals surface area contributed by atoms with Crippen molar-refractivity contribution in [1.82, 2.24) is 15.1 Å². The number of carbonyl (C=O) groups is 1. The Balaban J connectivity index is 1.59. The minimum atomic E-state index is -0.0680. The molecule has 0 spiro atoms. The molecule has 4 nitrogen and oxygen atoms in total. The normalized spacial score (nSPS) is 12.0. The van der Waals surface area contributed by atoms with E-state index in [9.17, 15) is 4.79 Å². The molecule has 0 saturated heterocycles. The van der Waals surface area contributed by atoms with Gasteiger partial charge in [0.1, 0.15) is 0 Å².